The monoisotopic (exact) mass is 243 g/mol. The first-order valence-electron chi connectivity index (χ1n) is 5.63. The van der Waals surface area contributed by atoms with Gasteiger partial charge < -0.3 is 14.0 Å². The first-order chi connectivity index (χ1) is 7.60. The second kappa shape index (κ2) is 6.21. The zero-order valence-electron chi connectivity index (χ0n) is 10.7. The molecule has 1 aromatic heterocycles. The highest BCUT2D eigenvalue weighted by molar-refractivity contribution is 7.98. The summed E-state index contributed by atoms with van der Waals surface area (Å²) >= 11 is 1.70. The molecule has 1 rings (SSSR count). The van der Waals surface area contributed by atoms with Gasteiger partial charge in [0.25, 0.3) is 0 Å². The number of rotatable bonds is 6. The zero-order valence-corrected chi connectivity index (χ0v) is 11.5. The molecule has 0 saturated heterocycles. The van der Waals surface area contributed by atoms with Crippen LogP contribution in [0.15, 0.2) is 17.3 Å². The Morgan fingerprint density at radius 3 is 2.56 bits per heavy atom. The second-order valence-electron chi connectivity index (χ2n) is 3.83. The molecule has 4 heteroatoms. The van der Waals surface area contributed by atoms with Gasteiger partial charge in [-0.2, -0.15) is 0 Å². The van der Waals surface area contributed by atoms with Crippen LogP contribution >= 0.6 is 11.8 Å². The van der Waals surface area contributed by atoms with Gasteiger partial charge in [-0.05, 0) is 40.0 Å². The van der Waals surface area contributed by atoms with Gasteiger partial charge in [-0.25, -0.2) is 0 Å². The molecule has 1 heterocycles. The molecule has 0 aliphatic rings. The van der Waals surface area contributed by atoms with E-state index in [4.69, 9.17) is 9.47 Å². The number of nitrogens with zero attached hydrogens (tertiary/aromatic N) is 1. The highest BCUT2D eigenvalue weighted by Gasteiger charge is 2.13. The van der Waals surface area contributed by atoms with Crippen LogP contribution < -0.4 is 4.74 Å². The third-order valence-electron chi connectivity index (χ3n) is 2.28. The predicted molar refractivity (Wildman–Crippen MR) is 68.3 cm³/mol. The Kier molecular flexibility index (Phi) is 5.22. The van der Waals surface area contributed by atoms with Crippen LogP contribution in [-0.2, 0) is 4.74 Å². The summed E-state index contributed by atoms with van der Waals surface area (Å²) in [6.45, 7) is 8.88. The predicted octanol–water partition coefficient (Wildman–Crippen LogP) is 3.55. The molecule has 1 unspecified atom stereocenters. The molecule has 0 amide bonds. The number of aromatic nitrogens is 1. The van der Waals surface area contributed by atoms with Crippen LogP contribution in [-0.4, -0.2) is 23.7 Å². The Morgan fingerprint density at radius 1 is 1.38 bits per heavy atom. The molecule has 0 saturated carbocycles. The van der Waals surface area contributed by atoms with E-state index in [1.165, 1.54) is 0 Å². The highest BCUT2D eigenvalue weighted by atomic mass is 32.2. The van der Waals surface area contributed by atoms with Gasteiger partial charge >= 0.3 is 0 Å². The molecule has 0 aliphatic carbocycles. The van der Waals surface area contributed by atoms with E-state index in [0.29, 0.717) is 12.6 Å². The lowest BCUT2D eigenvalue weighted by Crippen LogP contribution is -2.16. The summed E-state index contributed by atoms with van der Waals surface area (Å²) in [7, 11) is 0. The lowest BCUT2D eigenvalue weighted by Gasteiger charge is -2.16. The van der Waals surface area contributed by atoms with E-state index in [1.807, 2.05) is 19.9 Å². The van der Waals surface area contributed by atoms with E-state index < -0.39 is 0 Å². The molecule has 0 radical (unpaired) electrons. The second-order valence-corrected chi connectivity index (χ2v) is 4.63. The van der Waals surface area contributed by atoms with E-state index >= 15 is 0 Å². The molecule has 3 nitrogen and oxygen atoms in total. The summed E-state index contributed by atoms with van der Waals surface area (Å²) in [5, 5.41) is 1.15. The number of hydrogen-bond acceptors (Lipinski definition) is 3. The van der Waals surface area contributed by atoms with Crippen LogP contribution in [0.25, 0.3) is 0 Å². The molecule has 92 valence electrons. The Labute approximate surface area is 102 Å². The minimum Gasteiger partial charge on any atom is -0.462 e. The molecule has 0 aromatic carbocycles. The Hall–Kier alpha value is -0.610. The van der Waals surface area contributed by atoms with E-state index in [-0.39, 0.29) is 6.29 Å². The standard InChI is InChI=1S/C12H21NO2S/c1-6-14-10(4)15-11-7-8-13(9(2)3)12(11)16-5/h7-10H,6H2,1-5H3. The van der Waals surface area contributed by atoms with Crippen molar-refractivity contribution < 1.29 is 9.47 Å². The lowest BCUT2D eigenvalue weighted by molar-refractivity contribution is -0.0629. The van der Waals surface area contributed by atoms with Crippen molar-refractivity contribution in [3.63, 3.8) is 0 Å². The van der Waals surface area contributed by atoms with Crippen molar-refractivity contribution in [1.82, 2.24) is 4.57 Å². The topological polar surface area (TPSA) is 23.4 Å². The van der Waals surface area contributed by atoms with Gasteiger partial charge in [0.1, 0.15) is 5.03 Å². The van der Waals surface area contributed by atoms with Gasteiger partial charge in [-0.1, -0.05) is 0 Å². The van der Waals surface area contributed by atoms with E-state index in [0.717, 1.165) is 10.8 Å². The summed E-state index contributed by atoms with van der Waals surface area (Å²) < 4.78 is 13.3. The van der Waals surface area contributed by atoms with Crippen molar-refractivity contribution >= 4 is 11.8 Å². The normalized spacial score (nSPS) is 13.1. The van der Waals surface area contributed by atoms with Crippen LogP contribution in [0.2, 0.25) is 0 Å². The fourth-order valence-corrected chi connectivity index (χ4v) is 2.36. The van der Waals surface area contributed by atoms with Crippen LogP contribution in [0, 0.1) is 0 Å². The Balaban J connectivity index is 2.80. The maximum absolute atomic E-state index is 5.74. The minimum absolute atomic E-state index is 0.195. The Bertz CT molecular complexity index is 323. The van der Waals surface area contributed by atoms with Crippen LogP contribution in [0.1, 0.15) is 33.7 Å². The van der Waals surface area contributed by atoms with Crippen molar-refractivity contribution in [3.8, 4) is 5.75 Å². The minimum atomic E-state index is -0.195. The van der Waals surface area contributed by atoms with Crippen LogP contribution in [0.4, 0.5) is 0 Å². The van der Waals surface area contributed by atoms with Gasteiger partial charge in [0, 0.05) is 18.8 Å². The maximum atomic E-state index is 5.74. The van der Waals surface area contributed by atoms with Gasteiger partial charge in [0.15, 0.2) is 12.0 Å². The van der Waals surface area contributed by atoms with Crippen molar-refractivity contribution in [2.24, 2.45) is 0 Å². The first-order valence-corrected chi connectivity index (χ1v) is 6.85. The largest absolute Gasteiger partial charge is 0.462 e. The molecular weight excluding hydrogens is 222 g/mol. The third-order valence-corrected chi connectivity index (χ3v) is 3.07. The molecule has 0 fully saturated rings. The molecule has 16 heavy (non-hydrogen) atoms. The van der Waals surface area contributed by atoms with Crippen molar-refractivity contribution in [2.45, 2.75) is 45.1 Å². The maximum Gasteiger partial charge on any atom is 0.197 e. The SMILES string of the molecule is CCOC(C)Oc1ccn(C(C)C)c1SC. The molecule has 0 N–H and O–H groups in total. The summed E-state index contributed by atoms with van der Waals surface area (Å²) in [6.07, 6.45) is 3.93. The third kappa shape index (κ3) is 3.19. The fourth-order valence-electron chi connectivity index (χ4n) is 1.56. The molecule has 0 aliphatic heterocycles. The van der Waals surface area contributed by atoms with Gasteiger partial charge in [-0.15, -0.1) is 11.8 Å². The van der Waals surface area contributed by atoms with E-state index in [1.54, 1.807) is 11.8 Å². The van der Waals surface area contributed by atoms with Gasteiger partial charge in [0.2, 0.25) is 0 Å². The fraction of sp³-hybridized carbons (Fsp3) is 0.667. The molecule has 1 atom stereocenters. The smallest absolute Gasteiger partial charge is 0.197 e. The van der Waals surface area contributed by atoms with Crippen molar-refractivity contribution in [3.05, 3.63) is 12.3 Å². The average Bonchev–Trinajstić information content (AvgIpc) is 2.61. The molecule has 1 aromatic rings. The van der Waals surface area contributed by atoms with Crippen LogP contribution in [0.5, 0.6) is 5.75 Å². The zero-order chi connectivity index (χ0) is 12.1. The summed E-state index contributed by atoms with van der Waals surface area (Å²) in [5.41, 5.74) is 0. The van der Waals surface area contributed by atoms with Crippen molar-refractivity contribution in [2.75, 3.05) is 12.9 Å². The van der Waals surface area contributed by atoms with E-state index in [2.05, 4.69) is 30.9 Å². The average molecular weight is 243 g/mol. The summed E-state index contributed by atoms with van der Waals surface area (Å²) in [6, 6.07) is 2.45. The molecule has 0 spiro atoms. The Morgan fingerprint density at radius 2 is 2.06 bits per heavy atom. The van der Waals surface area contributed by atoms with Gasteiger partial charge in [-0.3, -0.25) is 0 Å². The number of hydrogen-bond donors (Lipinski definition) is 0. The number of ether oxygens (including phenoxy) is 2. The lowest BCUT2D eigenvalue weighted by atomic mass is 10.4. The summed E-state index contributed by atoms with van der Waals surface area (Å²) in [4.78, 5) is 0. The number of thioether (sulfide) groups is 1. The first kappa shape index (κ1) is 13.5. The summed E-state index contributed by atoms with van der Waals surface area (Å²) in [5.74, 6) is 0.905. The molecular formula is C12H21NO2S. The van der Waals surface area contributed by atoms with E-state index in [9.17, 15) is 0 Å². The quantitative estimate of drug-likeness (QED) is 0.564. The van der Waals surface area contributed by atoms with Gasteiger partial charge in [0.05, 0.1) is 0 Å². The van der Waals surface area contributed by atoms with Crippen molar-refractivity contribution in [1.29, 1.82) is 0 Å². The molecule has 0 bridgehead atoms. The van der Waals surface area contributed by atoms with Crippen LogP contribution in [0.3, 0.4) is 0 Å². The highest BCUT2D eigenvalue weighted by Crippen LogP contribution is 2.32.